The number of halogens is 2. The number of hydrogen-bond acceptors (Lipinski definition) is 7. The summed E-state index contributed by atoms with van der Waals surface area (Å²) < 4.78 is 21.3. The minimum Gasteiger partial charge on any atom is -0.489 e. The number of nitrogen functional groups attached to an aromatic ring is 1. The zero-order valence-corrected chi connectivity index (χ0v) is 22.5. The summed E-state index contributed by atoms with van der Waals surface area (Å²) in [5.74, 6) is -0.485. The lowest BCUT2D eigenvalue weighted by Gasteiger charge is -2.45. The minimum atomic E-state index is -0.568. The number of hydrogen-bond donors (Lipinski definition) is 1. The number of benzene rings is 1. The van der Waals surface area contributed by atoms with Gasteiger partial charge in [0.15, 0.2) is 5.75 Å². The van der Waals surface area contributed by atoms with E-state index in [1.54, 1.807) is 15.9 Å². The zero-order valence-electron chi connectivity index (χ0n) is 21.8. The number of carbonyl (C=O) groups excluding carboxylic acids is 2. The number of aromatic nitrogens is 1. The standard InChI is InChI=1S/C27H32ClFN6O3/c1-5-20(36)33-10-12-35-17(13-33)14-38-25-22(27(35)37)26(34-11-9-32(4)15(2)16(34)3)31-24(23(25)28)21-18(29)7-6-8-19(21)30/h5-8,15-17H,1,9-14,30H2,2-4H3. The summed E-state index contributed by atoms with van der Waals surface area (Å²) in [7, 11) is 2.06. The van der Waals surface area contributed by atoms with E-state index in [0.717, 1.165) is 6.54 Å². The Balaban J connectivity index is 1.68. The van der Waals surface area contributed by atoms with Crippen LogP contribution >= 0.6 is 11.6 Å². The van der Waals surface area contributed by atoms with Gasteiger partial charge in [-0.2, -0.15) is 0 Å². The van der Waals surface area contributed by atoms with Crippen molar-refractivity contribution in [1.29, 1.82) is 0 Å². The summed E-state index contributed by atoms with van der Waals surface area (Å²) in [6.45, 7) is 10.3. The fourth-order valence-corrected chi connectivity index (χ4v) is 5.83. The molecule has 4 heterocycles. The summed E-state index contributed by atoms with van der Waals surface area (Å²) in [6.07, 6.45) is 1.27. The van der Waals surface area contributed by atoms with E-state index in [-0.39, 0.29) is 69.8 Å². The highest BCUT2D eigenvalue weighted by molar-refractivity contribution is 6.35. The summed E-state index contributed by atoms with van der Waals surface area (Å²) in [5, 5.41) is 0.0302. The number of amides is 2. The number of piperazine rings is 2. The normalized spacial score (nSPS) is 23.9. The molecule has 2 saturated heterocycles. The topological polar surface area (TPSA) is 95.2 Å². The Morgan fingerprint density at radius 2 is 1.92 bits per heavy atom. The Morgan fingerprint density at radius 3 is 2.63 bits per heavy atom. The molecule has 0 bridgehead atoms. The molecule has 1 aromatic carbocycles. The van der Waals surface area contributed by atoms with E-state index in [4.69, 9.17) is 27.1 Å². The number of ether oxygens (including phenoxy) is 1. The van der Waals surface area contributed by atoms with E-state index in [2.05, 4.69) is 37.3 Å². The van der Waals surface area contributed by atoms with Gasteiger partial charge in [0.2, 0.25) is 5.91 Å². The summed E-state index contributed by atoms with van der Waals surface area (Å²) >= 11 is 6.86. The van der Waals surface area contributed by atoms with Crippen molar-refractivity contribution in [2.75, 3.05) is 57.0 Å². The van der Waals surface area contributed by atoms with Crippen LogP contribution in [-0.2, 0) is 4.79 Å². The summed E-state index contributed by atoms with van der Waals surface area (Å²) in [6, 6.07) is 4.17. The smallest absolute Gasteiger partial charge is 0.261 e. The third kappa shape index (κ3) is 4.25. The summed E-state index contributed by atoms with van der Waals surface area (Å²) in [5.41, 5.74) is 6.82. The molecule has 0 aliphatic carbocycles. The highest BCUT2D eigenvalue weighted by atomic mass is 35.5. The maximum atomic E-state index is 15.1. The molecule has 1 aromatic heterocycles. The first kappa shape index (κ1) is 26.2. The van der Waals surface area contributed by atoms with Crippen LogP contribution in [0.3, 0.4) is 0 Å². The largest absolute Gasteiger partial charge is 0.489 e. The van der Waals surface area contributed by atoms with Gasteiger partial charge in [0.25, 0.3) is 5.91 Å². The second kappa shape index (κ2) is 10.1. The van der Waals surface area contributed by atoms with Gasteiger partial charge in [-0.3, -0.25) is 14.5 Å². The highest BCUT2D eigenvalue weighted by Crippen LogP contribution is 2.46. The van der Waals surface area contributed by atoms with Crippen LogP contribution in [-0.4, -0.2) is 96.0 Å². The van der Waals surface area contributed by atoms with Crippen molar-refractivity contribution in [1.82, 2.24) is 19.7 Å². The van der Waals surface area contributed by atoms with Crippen LogP contribution < -0.4 is 15.4 Å². The second-order valence-electron chi connectivity index (χ2n) is 10.1. The monoisotopic (exact) mass is 542 g/mol. The van der Waals surface area contributed by atoms with Gasteiger partial charge in [0.1, 0.15) is 34.5 Å². The van der Waals surface area contributed by atoms with Gasteiger partial charge >= 0.3 is 0 Å². The van der Waals surface area contributed by atoms with E-state index in [9.17, 15) is 9.59 Å². The van der Waals surface area contributed by atoms with Crippen molar-refractivity contribution in [3.8, 4) is 17.0 Å². The van der Waals surface area contributed by atoms with Crippen LogP contribution in [0.5, 0.6) is 5.75 Å². The van der Waals surface area contributed by atoms with E-state index in [0.29, 0.717) is 32.0 Å². The molecule has 0 spiro atoms. The Hall–Kier alpha value is -3.37. The average Bonchev–Trinajstić information content (AvgIpc) is 3.05. The molecule has 3 atom stereocenters. The lowest BCUT2D eigenvalue weighted by atomic mass is 10.0. The lowest BCUT2D eigenvalue weighted by Crippen LogP contribution is -2.58. The van der Waals surface area contributed by atoms with Gasteiger partial charge in [0.05, 0.1) is 11.6 Å². The van der Waals surface area contributed by atoms with Crippen LogP contribution in [0.1, 0.15) is 24.2 Å². The van der Waals surface area contributed by atoms with Crippen LogP contribution in [0.4, 0.5) is 15.9 Å². The van der Waals surface area contributed by atoms with Crippen molar-refractivity contribution < 1.29 is 18.7 Å². The van der Waals surface area contributed by atoms with Gasteiger partial charge in [0, 0.05) is 50.5 Å². The molecule has 2 aromatic rings. The molecule has 38 heavy (non-hydrogen) atoms. The first-order chi connectivity index (χ1) is 18.1. The number of carbonyl (C=O) groups is 2. The number of likely N-dealkylation sites (N-methyl/N-ethyl adjacent to an activating group) is 1. The Kier molecular flexibility index (Phi) is 6.96. The van der Waals surface area contributed by atoms with Gasteiger partial charge in [-0.25, -0.2) is 9.37 Å². The number of fused-ring (bicyclic) bond motifs is 2. The molecule has 2 N–H and O–H groups in total. The SMILES string of the molecule is C=CC(=O)N1CCN2C(=O)c3c(N4CCN(C)C(C)C4C)nc(-c4c(N)cccc4F)c(Cl)c3OCC2C1. The first-order valence-electron chi connectivity index (χ1n) is 12.7. The first-order valence-corrected chi connectivity index (χ1v) is 13.1. The number of nitrogens with two attached hydrogens (primary N) is 1. The van der Waals surface area contributed by atoms with Crippen LogP contribution in [0, 0.1) is 5.82 Å². The third-order valence-corrected chi connectivity index (χ3v) is 8.42. The molecular weight excluding hydrogens is 511 g/mol. The third-order valence-electron chi connectivity index (χ3n) is 8.07. The molecule has 5 rings (SSSR count). The molecule has 202 valence electrons. The highest BCUT2D eigenvalue weighted by Gasteiger charge is 2.42. The van der Waals surface area contributed by atoms with Crippen LogP contribution in [0.15, 0.2) is 30.9 Å². The molecule has 0 radical (unpaired) electrons. The molecule has 3 unspecified atom stereocenters. The lowest BCUT2D eigenvalue weighted by molar-refractivity contribution is -0.128. The quantitative estimate of drug-likeness (QED) is 0.471. The molecule has 2 amide bonds. The van der Waals surface area contributed by atoms with Crippen molar-refractivity contribution in [2.24, 2.45) is 0 Å². The fourth-order valence-electron chi connectivity index (χ4n) is 5.54. The summed E-state index contributed by atoms with van der Waals surface area (Å²) in [4.78, 5) is 39.0. The number of anilines is 2. The van der Waals surface area contributed by atoms with E-state index < -0.39 is 5.82 Å². The molecule has 11 heteroatoms. The van der Waals surface area contributed by atoms with Crippen molar-refractivity contribution >= 4 is 34.9 Å². The van der Waals surface area contributed by atoms with E-state index >= 15 is 4.39 Å². The molecule has 9 nitrogen and oxygen atoms in total. The average molecular weight is 543 g/mol. The fraction of sp³-hybridized carbons (Fsp3) is 0.444. The Labute approximate surface area is 226 Å². The predicted octanol–water partition coefficient (Wildman–Crippen LogP) is 2.88. The number of pyridine rings is 1. The maximum Gasteiger partial charge on any atom is 0.261 e. The van der Waals surface area contributed by atoms with E-state index in [1.165, 1.54) is 18.2 Å². The Morgan fingerprint density at radius 1 is 1.18 bits per heavy atom. The van der Waals surface area contributed by atoms with Crippen molar-refractivity contribution in [2.45, 2.75) is 32.0 Å². The van der Waals surface area contributed by atoms with Gasteiger partial charge in [-0.1, -0.05) is 24.2 Å². The predicted molar refractivity (Wildman–Crippen MR) is 145 cm³/mol. The second-order valence-corrected chi connectivity index (χ2v) is 10.5. The van der Waals surface area contributed by atoms with Crippen LogP contribution in [0.2, 0.25) is 5.02 Å². The molecule has 0 saturated carbocycles. The molecule has 2 fully saturated rings. The van der Waals surface area contributed by atoms with Gasteiger partial charge in [-0.05, 0) is 39.1 Å². The molecule has 3 aliphatic rings. The molecule has 3 aliphatic heterocycles. The maximum absolute atomic E-state index is 15.1. The number of rotatable bonds is 3. The molecular formula is C27H32ClFN6O3. The van der Waals surface area contributed by atoms with Crippen LogP contribution in [0.25, 0.3) is 11.3 Å². The van der Waals surface area contributed by atoms with Gasteiger partial charge < -0.3 is 25.2 Å². The van der Waals surface area contributed by atoms with Crippen molar-refractivity contribution in [3.05, 3.63) is 47.3 Å². The van der Waals surface area contributed by atoms with Gasteiger partial charge in [-0.15, -0.1) is 0 Å². The number of nitrogens with zero attached hydrogens (tertiary/aromatic N) is 5. The van der Waals surface area contributed by atoms with Crippen molar-refractivity contribution in [3.63, 3.8) is 0 Å². The minimum absolute atomic E-state index is 0.00810. The van der Waals surface area contributed by atoms with E-state index in [1.807, 2.05) is 0 Å². The zero-order chi connectivity index (χ0) is 27.3. The Bertz CT molecular complexity index is 1290.